The molecule has 9 heteroatoms. The van der Waals surface area contributed by atoms with Crippen LogP contribution in [0.15, 0.2) is 35.5 Å². The zero-order valence-electron chi connectivity index (χ0n) is 20.6. The predicted octanol–water partition coefficient (Wildman–Crippen LogP) is 3.43. The number of carbonyl (C=O) groups excluding carboxylic acids is 3. The molecule has 2 heterocycles. The molecule has 0 aliphatic carbocycles. The molecule has 3 rings (SSSR count). The van der Waals surface area contributed by atoms with Gasteiger partial charge >= 0.3 is 12.0 Å². The van der Waals surface area contributed by atoms with Crippen LogP contribution in [0.1, 0.15) is 46.2 Å². The summed E-state index contributed by atoms with van der Waals surface area (Å²) in [4.78, 5) is 44.6. The number of benzene rings is 1. The van der Waals surface area contributed by atoms with E-state index < -0.39 is 12.0 Å². The minimum Gasteiger partial charge on any atom is -0.463 e. The molecule has 0 spiro atoms. The normalized spacial score (nSPS) is 21.7. The lowest BCUT2D eigenvalue weighted by Crippen LogP contribution is -2.57. The van der Waals surface area contributed by atoms with Gasteiger partial charge in [0.25, 0.3) is 0 Å². The topological polar surface area (TPSA) is 82.2 Å². The smallest absolute Gasteiger partial charge is 0.338 e. The highest BCUT2D eigenvalue weighted by atomic mass is 35.5. The van der Waals surface area contributed by atoms with Crippen LogP contribution in [-0.4, -0.2) is 78.0 Å². The molecule has 1 aromatic rings. The minimum absolute atomic E-state index is 0.0298. The van der Waals surface area contributed by atoms with Gasteiger partial charge in [0.1, 0.15) is 0 Å². The Hall–Kier alpha value is -2.58. The monoisotopic (exact) mass is 490 g/mol. The average Bonchev–Trinajstić information content (AvgIpc) is 2.79. The van der Waals surface area contributed by atoms with Gasteiger partial charge in [-0.15, -0.1) is 0 Å². The number of carbonyl (C=O) groups is 3. The highest BCUT2D eigenvalue weighted by molar-refractivity contribution is 6.31. The number of amides is 3. The molecule has 2 aliphatic heterocycles. The molecule has 0 saturated carbocycles. The van der Waals surface area contributed by atoms with E-state index in [1.165, 1.54) is 0 Å². The summed E-state index contributed by atoms with van der Waals surface area (Å²) < 4.78 is 5.43. The number of hydrogen-bond acceptors (Lipinski definition) is 5. The second kappa shape index (κ2) is 11.2. The lowest BCUT2D eigenvalue weighted by molar-refractivity contribution is -0.139. The summed E-state index contributed by atoms with van der Waals surface area (Å²) in [6.07, 6.45) is 0. The van der Waals surface area contributed by atoms with Gasteiger partial charge in [-0.25, -0.2) is 9.59 Å². The molecule has 0 radical (unpaired) electrons. The van der Waals surface area contributed by atoms with Gasteiger partial charge in [-0.2, -0.15) is 0 Å². The van der Waals surface area contributed by atoms with Crippen molar-refractivity contribution in [3.63, 3.8) is 0 Å². The molecule has 3 amide bonds. The van der Waals surface area contributed by atoms with Crippen molar-refractivity contribution in [1.29, 1.82) is 0 Å². The fraction of sp³-hybridized carbons (Fsp3) is 0.560. The lowest BCUT2D eigenvalue weighted by Gasteiger charge is -2.43. The average molecular weight is 491 g/mol. The van der Waals surface area contributed by atoms with Crippen molar-refractivity contribution in [3.05, 3.63) is 46.1 Å². The number of ether oxygens (including phenoxy) is 1. The fourth-order valence-corrected chi connectivity index (χ4v) is 4.89. The SMILES string of the molecule is CCOC(=O)C1=C(CN2CCN(C(=O)C(C)C)[C@H](C)C2)N(CC)C(=O)N[C@@H]1c1ccccc1Cl. The van der Waals surface area contributed by atoms with Gasteiger partial charge < -0.3 is 15.0 Å². The molecule has 8 nitrogen and oxygen atoms in total. The Morgan fingerprint density at radius 1 is 1.21 bits per heavy atom. The molecule has 0 unspecified atom stereocenters. The van der Waals surface area contributed by atoms with Gasteiger partial charge in [-0.3, -0.25) is 14.6 Å². The fourth-order valence-electron chi connectivity index (χ4n) is 4.65. The van der Waals surface area contributed by atoms with E-state index >= 15 is 0 Å². The molecule has 0 bridgehead atoms. The first kappa shape index (κ1) is 26.0. The van der Waals surface area contributed by atoms with Crippen molar-refractivity contribution in [2.24, 2.45) is 5.92 Å². The van der Waals surface area contributed by atoms with Crippen molar-refractivity contribution in [2.75, 3.05) is 39.3 Å². The Kier molecular flexibility index (Phi) is 8.60. The number of rotatable bonds is 7. The Morgan fingerprint density at radius 2 is 1.91 bits per heavy atom. The van der Waals surface area contributed by atoms with E-state index in [0.29, 0.717) is 54.6 Å². The van der Waals surface area contributed by atoms with Gasteiger partial charge in [0.05, 0.1) is 18.2 Å². The van der Waals surface area contributed by atoms with Crippen molar-refractivity contribution in [1.82, 2.24) is 20.0 Å². The third-order valence-corrected chi connectivity index (χ3v) is 6.67. The highest BCUT2D eigenvalue weighted by Gasteiger charge is 2.39. The summed E-state index contributed by atoms with van der Waals surface area (Å²) in [5.74, 6) is -0.381. The van der Waals surface area contributed by atoms with Crippen molar-refractivity contribution < 1.29 is 19.1 Å². The zero-order valence-corrected chi connectivity index (χ0v) is 21.4. The van der Waals surface area contributed by atoms with Crippen molar-refractivity contribution in [3.8, 4) is 0 Å². The largest absolute Gasteiger partial charge is 0.463 e. The Morgan fingerprint density at radius 3 is 2.50 bits per heavy atom. The van der Waals surface area contributed by atoms with E-state index in [9.17, 15) is 14.4 Å². The molecular weight excluding hydrogens is 456 g/mol. The standard InChI is InChI=1S/C25H35ClN4O4/c1-6-29-20(15-28-12-13-30(17(5)14-28)23(31)16(3)4)21(24(32)34-7-2)22(27-25(29)33)18-10-8-9-11-19(18)26/h8-11,16-17,22H,6-7,12-15H2,1-5H3,(H,27,33)/t17-,22-/m1/s1. The Labute approximate surface area is 206 Å². The molecule has 2 aliphatic rings. The van der Waals surface area contributed by atoms with Crippen LogP contribution >= 0.6 is 11.6 Å². The molecule has 186 valence electrons. The van der Waals surface area contributed by atoms with Crippen molar-refractivity contribution in [2.45, 2.75) is 46.7 Å². The van der Waals surface area contributed by atoms with E-state index in [0.717, 1.165) is 0 Å². The maximum atomic E-state index is 13.2. The Balaban J connectivity index is 1.99. The van der Waals surface area contributed by atoms with Gasteiger partial charge in [0.15, 0.2) is 0 Å². The lowest BCUT2D eigenvalue weighted by atomic mass is 9.94. The van der Waals surface area contributed by atoms with Crippen LogP contribution in [0.5, 0.6) is 0 Å². The van der Waals surface area contributed by atoms with Crippen molar-refractivity contribution >= 4 is 29.5 Å². The van der Waals surface area contributed by atoms with Gasteiger partial charge in [0.2, 0.25) is 5.91 Å². The number of esters is 1. The first-order chi connectivity index (χ1) is 16.2. The second-order valence-corrected chi connectivity index (χ2v) is 9.41. The summed E-state index contributed by atoms with van der Waals surface area (Å²) in [6, 6.07) is 6.23. The third kappa shape index (κ3) is 5.39. The molecular formula is C25H35ClN4O4. The first-order valence-electron chi connectivity index (χ1n) is 11.9. The molecule has 1 fully saturated rings. The molecule has 1 saturated heterocycles. The highest BCUT2D eigenvalue weighted by Crippen LogP contribution is 2.35. The van der Waals surface area contributed by atoms with Gasteiger partial charge in [-0.05, 0) is 32.4 Å². The van der Waals surface area contributed by atoms with Gasteiger partial charge in [0, 0.05) is 55.4 Å². The quantitative estimate of drug-likeness (QED) is 0.592. The summed E-state index contributed by atoms with van der Waals surface area (Å²) in [5.41, 5.74) is 1.66. The van der Waals surface area contributed by atoms with Crippen LogP contribution in [0, 0.1) is 5.92 Å². The number of urea groups is 1. The minimum atomic E-state index is -0.709. The van der Waals surface area contributed by atoms with E-state index in [1.807, 2.05) is 50.8 Å². The summed E-state index contributed by atoms with van der Waals surface area (Å²) in [7, 11) is 0. The number of nitrogens with one attached hydrogen (secondary N) is 1. The molecule has 34 heavy (non-hydrogen) atoms. The molecule has 1 N–H and O–H groups in total. The number of nitrogens with zero attached hydrogens (tertiary/aromatic N) is 3. The Bertz CT molecular complexity index is 964. The van der Waals surface area contributed by atoms with Crippen LogP contribution in [0.4, 0.5) is 4.79 Å². The predicted molar refractivity (Wildman–Crippen MR) is 131 cm³/mol. The van der Waals surface area contributed by atoms with Gasteiger partial charge in [-0.1, -0.05) is 43.6 Å². The zero-order chi connectivity index (χ0) is 25.0. The number of hydrogen-bond donors (Lipinski definition) is 1. The second-order valence-electron chi connectivity index (χ2n) is 9.00. The van der Waals surface area contributed by atoms with E-state index in [-0.39, 0.29) is 30.5 Å². The van der Waals surface area contributed by atoms with Crippen LogP contribution in [0.25, 0.3) is 0 Å². The van der Waals surface area contributed by atoms with Crippen LogP contribution in [0.3, 0.4) is 0 Å². The molecule has 0 aromatic heterocycles. The third-order valence-electron chi connectivity index (χ3n) is 6.33. The maximum Gasteiger partial charge on any atom is 0.338 e. The van der Waals surface area contributed by atoms with E-state index in [4.69, 9.17) is 16.3 Å². The van der Waals surface area contributed by atoms with E-state index in [2.05, 4.69) is 10.2 Å². The first-order valence-corrected chi connectivity index (χ1v) is 12.3. The summed E-state index contributed by atoms with van der Waals surface area (Å²) in [6.45, 7) is 12.4. The van der Waals surface area contributed by atoms with E-state index in [1.54, 1.807) is 17.9 Å². The van der Waals surface area contributed by atoms with Crippen LogP contribution in [0.2, 0.25) is 5.02 Å². The van der Waals surface area contributed by atoms with Crippen LogP contribution in [-0.2, 0) is 14.3 Å². The summed E-state index contributed by atoms with van der Waals surface area (Å²) >= 11 is 6.47. The number of likely N-dealkylation sites (N-methyl/N-ethyl adjacent to an activating group) is 1. The molecule has 1 aromatic carbocycles. The maximum absolute atomic E-state index is 13.2. The number of halogens is 1. The van der Waals surface area contributed by atoms with Crippen LogP contribution < -0.4 is 5.32 Å². The number of piperazine rings is 1. The molecule has 2 atom stereocenters. The summed E-state index contributed by atoms with van der Waals surface area (Å²) in [5, 5.41) is 3.41.